The van der Waals surface area contributed by atoms with E-state index in [0.29, 0.717) is 0 Å². The topological polar surface area (TPSA) is 30.7 Å². The zero-order valence-corrected chi connectivity index (χ0v) is 12.1. The van der Waals surface area contributed by atoms with Crippen molar-refractivity contribution in [1.82, 2.24) is 14.5 Å². The maximum absolute atomic E-state index is 4.57. The molecule has 0 aliphatic carbocycles. The van der Waals surface area contributed by atoms with Crippen LogP contribution in [0.25, 0.3) is 16.4 Å². The molecule has 0 atom stereocenters. The summed E-state index contributed by atoms with van der Waals surface area (Å²) in [5.74, 6) is 0. The standard InChI is InChI=1S/C13H13N3S2/c1-8-6-11(12-7-18-10(3)15-12)9(2)16(8)13-14-4-5-17-13/h4-7H,1-3H3. The predicted octanol–water partition coefficient (Wildman–Crippen LogP) is 3.98. The summed E-state index contributed by atoms with van der Waals surface area (Å²) in [6.07, 6.45) is 1.84. The first kappa shape index (κ1) is 11.6. The Balaban J connectivity index is 2.17. The fourth-order valence-electron chi connectivity index (χ4n) is 2.13. The molecule has 0 aliphatic rings. The van der Waals surface area contributed by atoms with Crippen molar-refractivity contribution in [2.45, 2.75) is 20.8 Å². The highest BCUT2D eigenvalue weighted by Crippen LogP contribution is 2.30. The van der Waals surface area contributed by atoms with Gasteiger partial charge in [-0.1, -0.05) is 0 Å². The Morgan fingerprint density at radius 3 is 2.61 bits per heavy atom. The molecule has 0 unspecified atom stereocenters. The largest absolute Gasteiger partial charge is 0.294 e. The molecule has 0 saturated heterocycles. The van der Waals surface area contributed by atoms with Gasteiger partial charge in [0.15, 0.2) is 5.13 Å². The SMILES string of the molecule is Cc1nc(-c2cc(C)n(-c3nccs3)c2C)cs1. The molecule has 3 rings (SSSR count). The average molecular weight is 275 g/mol. The van der Waals surface area contributed by atoms with Crippen LogP contribution in [0.4, 0.5) is 0 Å². The first-order valence-electron chi connectivity index (χ1n) is 5.68. The maximum Gasteiger partial charge on any atom is 0.193 e. The molecule has 92 valence electrons. The Morgan fingerprint density at radius 1 is 1.17 bits per heavy atom. The number of hydrogen-bond donors (Lipinski definition) is 0. The van der Waals surface area contributed by atoms with E-state index in [1.165, 1.54) is 17.0 Å². The monoisotopic (exact) mass is 275 g/mol. The maximum atomic E-state index is 4.57. The molecular weight excluding hydrogens is 262 g/mol. The van der Waals surface area contributed by atoms with Crippen LogP contribution in [0.2, 0.25) is 0 Å². The molecule has 5 heteroatoms. The molecule has 0 N–H and O–H groups in total. The van der Waals surface area contributed by atoms with E-state index in [9.17, 15) is 0 Å². The van der Waals surface area contributed by atoms with E-state index in [1.54, 1.807) is 22.7 Å². The summed E-state index contributed by atoms with van der Waals surface area (Å²) >= 11 is 3.34. The lowest BCUT2D eigenvalue weighted by molar-refractivity contribution is 0.951. The third-order valence-electron chi connectivity index (χ3n) is 2.94. The summed E-state index contributed by atoms with van der Waals surface area (Å²) < 4.78 is 2.19. The van der Waals surface area contributed by atoms with Crippen LogP contribution in [0.15, 0.2) is 23.0 Å². The second-order valence-corrected chi connectivity index (χ2v) is 6.12. The van der Waals surface area contributed by atoms with Gasteiger partial charge in [-0.2, -0.15) is 0 Å². The van der Waals surface area contributed by atoms with Crippen molar-refractivity contribution in [2.75, 3.05) is 0 Å². The van der Waals surface area contributed by atoms with E-state index < -0.39 is 0 Å². The molecule has 18 heavy (non-hydrogen) atoms. The van der Waals surface area contributed by atoms with Crippen molar-refractivity contribution in [3.8, 4) is 16.4 Å². The third-order valence-corrected chi connectivity index (χ3v) is 4.47. The van der Waals surface area contributed by atoms with Crippen molar-refractivity contribution < 1.29 is 0 Å². The van der Waals surface area contributed by atoms with Crippen LogP contribution < -0.4 is 0 Å². The smallest absolute Gasteiger partial charge is 0.193 e. The van der Waals surface area contributed by atoms with Gasteiger partial charge in [-0.3, -0.25) is 4.57 Å². The van der Waals surface area contributed by atoms with Crippen molar-refractivity contribution in [2.24, 2.45) is 0 Å². The third kappa shape index (κ3) is 1.79. The van der Waals surface area contributed by atoms with E-state index in [4.69, 9.17) is 0 Å². The Hall–Kier alpha value is -1.46. The van der Waals surface area contributed by atoms with Gasteiger partial charge >= 0.3 is 0 Å². The quantitative estimate of drug-likeness (QED) is 0.708. The second kappa shape index (κ2) is 4.33. The van der Waals surface area contributed by atoms with Crippen LogP contribution in [0.3, 0.4) is 0 Å². The zero-order chi connectivity index (χ0) is 12.7. The summed E-state index contributed by atoms with van der Waals surface area (Å²) in [5, 5.41) is 6.23. The molecule has 3 aromatic heterocycles. The number of nitrogens with zero attached hydrogens (tertiary/aromatic N) is 3. The molecule has 3 heterocycles. The van der Waals surface area contributed by atoms with Crippen molar-refractivity contribution in [3.63, 3.8) is 0 Å². The van der Waals surface area contributed by atoms with Gasteiger partial charge in [-0.15, -0.1) is 22.7 Å². The van der Waals surface area contributed by atoms with Crippen molar-refractivity contribution in [1.29, 1.82) is 0 Å². The van der Waals surface area contributed by atoms with E-state index in [1.807, 2.05) is 18.5 Å². The summed E-state index contributed by atoms with van der Waals surface area (Å²) in [6, 6.07) is 2.19. The van der Waals surface area contributed by atoms with E-state index in [2.05, 4.69) is 39.8 Å². The Labute approximate surface area is 114 Å². The summed E-state index contributed by atoms with van der Waals surface area (Å²) in [5.41, 5.74) is 4.66. The van der Waals surface area contributed by atoms with Crippen LogP contribution >= 0.6 is 22.7 Å². The summed E-state index contributed by atoms with van der Waals surface area (Å²) in [7, 11) is 0. The molecule has 0 aromatic carbocycles. The fraction of sp³-hybridized carbons (Fsp3) is 0.231. The summed E-state index contributed by atoms with van der Waals surface area (Å²) in [6.45, 7) is 6.27. The molecule has 3 nitrogen and oxygen atoms in total. The lowest BCUT2D eigenvalue weighted by atomic mass is 10.2. The van der Waals surface area contributed by atoms with Crippen molar-refractivity contribution >= 4 is 22.7 Å². The lowest BCUT2D eigenvalue weighted by Gasteiger charge is -2.04. The zero-order valence-electron chi connectivity index (χ0n) is 10.5. The number of aryl methyl sites for hydroxylation is 2. The average Bonchev–Trinajstić information content (AvgIpc) is 3.01. The van der Waals surface area contributed by atoms with Gasteiger partial charge in [0.05, 0.1) is 10.7 Å². The molecule has 0 radical (unpaired) electrons. The highest BCUT2D eigenvalue weighted by Gasteiger charge is 2.15. The molecule has 0 bridgehead atoms. The lowest BCUT2D eigenvalue weighted by Crippen LogP contribution is -1.97. The first-order valence-corrected chi connectivity index (χ1v) is 7.44. The highest BCUT2D eigenvalue weighted by atomic mass is 32.1. The van der Waals surface area contributed by atoms with Gasteiger partial charge in [-0.05, 0) is 26.8 Å². The Kier molecular flexibility index (Phi) is 2.80. The molecule has 0 saturated carbocycles. The second-order valence-electron chi connectivity index (χ2n) is 4.19. The molecule has 0 spiro atoms. The molecule has 0 fully saturated rings. The molecular formula is C13H13N3S2. The fourth-order valence-corrected chi connectivity index (χ4v) is 3.49. The number of thiazole rings is 2. The van der Waals surface area contributed by atoms with E-state index in [-0.39, 0.29) is 0 Å². The minimum atomic E-state index is 1.02. The minimum absolute atomic E-state index is 1.02. The molecule has 3 aromatic rings. The van der Waals surface area contributed by atoms with Gasteiger partial charge < -0.3 is 0 Å². The number of hydrogen-bond acceptors (Lipinski definition) is 4. The van der Waals surface area contributed by atoms with Gasteiger partial charge in [-0.25, -0.2) is 9.97 Å². The van der Waals surface area contributed by atoms with Gasteiger partial charge in [0.25, 0.3) is 0 Å². The van der Waals surface area contributed by atoms with Gasteiger partial charge in [0.1, 0.15) is 0 Å². The minimum Gasteiger partial charge on any atom is -0.294 e. The van der Waals surface area contributed by atoms with Crippen LogP contribution in [-0.2, 0) is 0 Å². The van der Waals surface area contributed by atoms with Crippen LogP contribution in [0, 0.1) is 20.8 Å². The van der Waals surface area contributed by atoms with E-state index in [0.717, 1.165) is 15.8 Å². The number of rotatable bonds is 2. The summed E-state index contributed by atoms with van der Waals surface area (Å²) in [4.78, 5) is 8.95. The van der Waals surface area contributed by atoms with Crippen molar-refractivity contribution in [3.05, 3.63) is 39.4 Å². The Morgan fingerprint density at radius 2 is 2.00 bits per heavy atom. The van der Waals surface area contributed by atoms with Gasteiger partial charge in [0.2, 0.25) is 0 Å². The predicted molar refractivity (Wildman–Crippen MR) is 76.8 cm³/mol. The molecule has 0 aliphatic heterocycles. The Bertz CT molecular complexity index is 677. The number of aromatic nitrogens is 3. The van der Waals surface area contributed by atoms with Crippen LogP contribution in [-0.4, -0.2) is 14.5 Å². The van der Waals surface area contributed by atoms with Gasteiger partial charge in [0, 0.05) is 33.9 Å². The van der Waals surface area contributed by atoms with Crippen LogP contribution in [0.1, 0.15) is 16.4 Å². The van der Waals surface area contributed by atoms with E-state index >= 15 is 0 Å². The first-order chi connectivity index (χ1) is 8.66. The highest BCUT2D eigenvalue weighted by molar-refractivity contribution is 7.12. The normalized spacial score (nSPS) is 11.1. The molecule has 0 amide bonds. The van der Waals surface area contributed by atoms with Crippen LogP contribution in [0.5, 0.6) is 0 Å².